The van der Waals surface area contributed by atoms with Crippen molar-refractivity contribution in [2.45, 2.75) is 37.3 Å². The zero-order chi connectivity index (χ0) is 20.3. The van der Waals surface area contributed by atoms with Crippen LogP contribution in [-0.2, 0) is 9.53 Å². The van der Waals surface area contributed by atoms with Gasteiger partial charge in [-0.3, -0.25) is 4.79 Å². The van der Waals surface area contributed by atoms with Crippen molar-refractivity contribution in [1.29, 1.82) is 0 Å². The van der Waals surface area contributed by atoms with Gasteiger partial charge in [-0.15, -0.1) is 0 Å². The lowest BCUT2D eigenvalue weighted by atomic mass is 10.1. The van der Waals surface area contributed by atoms with E-state index in [-0.39, 0.29) is 17.5 Å². The second-order valence-corrected chi connectivity index (χ2v) is 8.70. The Bertz CT molecular complexity index is 837. The van der Waals surface area contributed by atoms with Gasteiger partial charge in [0.2, 0.25) is 5.91 Å². The molecule has 1 aromatic rings. The summed E-state index contributed by atoms with van der Waals surface area (Å²) in [6.45, 7) is 10.5. The number of anilines is 1. The molecular formula is C20H26N4O2S2. The molecule has 0 saturated heterocycles. The van der Waals surface area contributed by atoms with Crippen LogP contribution in [-0.4, -0.2) is 36.0 Å². The zero-order valence-electron chi connectivity index (χ0n) is 16.6. The summed E-state index contributed by atoms with van der Waals surface area (Å²) in [4.78, 5) is 20.1. The van der Waals surface area contributed by atoms with Gasteiger partial charge in [-0.25, -0.2) is 4.99 Å². The number of thioether (sulfide) groups is 2. The van der Waals surface area contributed by atoms with Gasteiger partial charge < -0.3 is 20.3 Å². The molecule has 1 amide bonds. The van der Waals surface area contributed by atoms with E-state index in [9.17, 15) is 4.79 Å². The molecule has 2 unspecified atom stereocenters. The maximum Gasteiger partial charge on any atom is 0.232 e. The van der Waals surface area contributed by atoms with E-state index in [1.807, 2.05) is 27.0 Å². The fourth-order valence-electron chi connectivity index (χ4n) is 3.00. The third-order valence-corrected chi connectivity index (χ3v) is 6.50. The van der Waals surface area contributed by atoms with Gasteiger partial charge in [0, 0.05) is 29.9 Å². The van der Waals surface area contributed by atoms with Crippen molar-refractivity contribution in [3.8, 4) is 0 Å². The molecular weight excluding hydrogens is 392 g/mol. The quantitative estimate of drug-likeness (QED) is 0.732. The first-order chi connectivity index (χ1) is 13.4. The molecule has 2 aliphatic heterocycles. The number of amidine groups is 1. The number of hydrogen-bond acceptors (Lipinski definition) is 7. The summed E-state index contributed by atoms with van der Waals surface area (Å²) in [5.74, 6) is 0.257. The highest BCUT2D eigenvalue weighted by molar-refractivity contribution is 8.14. The molecule has 3 rings (SSSR count). The van der Waals surface area contributed by atoms with E-state index in [1.54, 1.807) is 11.8 Å². The van der Waals surface area contributed by atoms with Crippen LogP contribution < -0.4 is 15.5 Å². The highest BCUT2D eigenvalue weighted by atomic mass is 32.2. The molecule has 28 heavy (non-hydrogen) atoms. The number of amides is 1. The molecule has 2 aliphatic rings. The minimum Gasteiger partial charge on any atom is -0.374 e. The van der Waals surface area contributed by atoms with Crippen LogP contribution in [0.15, 0.2) is 52.1 Å². The van der Waals surface area contributed by atoms with Crippen LogP contribution in [0.25, 0.3) is 0 Å². The minimum absolute atomic E-state index is 0.0348. The summed E-state index contributed by atoms with van der Waals surface area (Å²) in [6.07, 6.45) is 1.92. The Morgan fingerprint density at radius 3 is 3.04 bits per heavy atom. The van der Waals surface area contributed by atoms with E-state index < -0.39 is 0 Å². The molecule has 2 heterocycles. The topological polar surface area (TPSA) is 66.0 Å². The van der Waals surface area contributed by atoms with Crippen molar-refractivity contribution in [3.63, 3.8) is 0 Å². The highest BCUT2D eigenvalue weighted by Crippen LogP contribution is 2.42. The lowest BCUT2D eigenvalue weighted by Crippen LogP contribution is -2.42. The summed E-state index contributed by atoms with van der Waals surface area (Å²) in [7, 11) is 1.99. The van der Waals surface area contributed by atoms with E-state index in [2.05, 4.69) is 52.2 Å². The Morgan fingerprint density at radius 1 is 1.54 bits per heavy atom. The Balaban J connectivity index is 1.57. The Kier molecular flexibility index (Phi) is 6.74. The highest BCUT2D eigenvalue weighted by Gasteiger charge is 2.29. The Hall–Kier alpha value is -1.90. The van der Waals surface area contributed by atoms with E-state index in [1.165, 1.54) is 11.8 Å². The molecule has 0 spiro atoms. The number of benzene rings is 1. The number of rotatable bonds is 6. The van der Waals surface area contributed by atoms with Crippen LogP contribution in [0.5, 0.6) is 0 Å². The van der Waals surface area contributed by atoms with Crippen LogP contribution in [0.1, 0.15) is 32.4 Å². The molecule has 6 nitrogen and oxygen atoms in total. The van der Waals surface area contributed by atoms with Crippen molar-refractivity contribution in [2.24, 2.45) is 4.99 Å². The van der Waals surface area contributed by atoms with Gasteiger partial charge in [0.1, 0.15) is 0 Å². The predicted octanol–water partition coefficient (Wildman–Crippen LogP) is 3.84. The summed E-state index contributed by atoms with van der Waals surface area (Å²) in [6, 6.07) is 6.33. The van der Waals surface area contributed by atoms with Crippen molar-refractivity contribution in [1.82, 2.24) is 10.6 Å². The maximum absolute atomic E-state index is 12.4. The number of ether oxygens (including phenoxy) is 1. The number of carbonyl (C=O) groups is 1. The minimum atomic E-state index is -0.126. The van der Waals surface area contributed by atoms with Crippen LogP contribution in [0.4, 0.5) is 5.69 Å². The molecule has 0 radical (unpaired) electrons. The number of fused-ring (bicyclic) bond motifs is 1. The van der Waals surface area contributed by atoms with Gasteiger partial charge in [-0.1, -0.05) is 36.2 Å². The third-order valence-electron chi connectivity index (χ3n) is 4.39. The molecule has 0 aromatic heterocycles. The lowest BCUT2D eigenvalue weighted by molar-refractivity contribution is -0.118. The largest absolute Gasteiger partial charge is 0.374 e. The fourth-order valence-corrected chi connectivity index (χ4v) is 5.00. The molecule has 150 valence electrons. The average Bonchev–Trinajstić information content (AvgIpc) is 2.94. The zero-order valence-corrected chi connectivity index (χ0v) is 18.2. The van der Waals surface area contributed by atoms with Gasteiger partial charge >= 0.3 is 0 Å². The van der Waals surface area contributed by atoms with Gasteiger partial charge in [-0.05, 0) is 44.5 Å². The Labute approximate surface area is 174 Å². The first-order valence-electron chi connectivity index (χ1n) is 9.17. The number of nitrogens with one attached hydrogen (secondary N) is 2. The number of nitrogens with zero attached hydrogens (tertiary/aromatic N) is 2. The van der Waals surface area contributed by atoms with E-state index in [0.717, 1.165) is 27.5 Å². The van der Waals surface area contributed by atoms with E-state index in [4.69, 9.17) is 4.74 Å². The number of aliphatic imine (C=N–C) groups is 1. The number of hydrogen-bond donors (Lipinski definition) is 2. The molecule has 0 saturated carbocycles. The molecule has 0 fully saturated rings. The van der Waals surface area contributed by atoms with Crippen LogP contribution in [0.2, 0.25) is 0 Å². The predicted molar refractivity (Wildman–Crippen MR) is 119 cm³/mol. The van der Waals surface area contributed by atoms with Gasteiger partial charge in [0.15, 0.2) is 10.7 Å². The first-order valence-corrected chi connectivity index (χ1v) is 11.0. The number of carbonyl (C=O) groups excluding carboxylic acids is 1. The molecule has 0 aliphatic carbocycles. The lowest BCUT2D eigenvalue weighted by Gasteiger charge is -2.22. The summed E-state index contributed by atoms with van der Waals surface area (Å²) in [5.41, 5.74) is 3.80. The summed E-state index contributed by atoms with van der Waals surface area (Å²) < 4.78 is 5.69. The monoisotopic (exact) mass is 418 g/mol. The fraction of sp³-hybridized carbons (Fsp3) is 0.400. The van der Waals surface area contributed by atoms with Crippen molar-refractivity contribution in [2.75, 3.05) is 24.3 Å². The standard InChI is InChI=1S/C20H26N4O2S2/c1-6-26-14(4)15-7-8-16-17(10-15)28-20(24(16)5)23-18(25)11-27-19-21-12(2)9-13(3)22-19/h7-10,14,20H,2,6,11H2,1,3-5H3,(H,21,22)(H,23,25). The van der Waals surface area contributed by atoms with Gasteiger partial charge in [0.25, 0.3) is 0 Å². The van der Waals surface area contributed by atoms with Crippen LogP contribution >= 0.6 is 23.5 Å². The number of allylic oxidation sites excluding steroid dienone is 2. The van der Waals surface area contributed by atoms with E-state index in [0.29, 0.717) is 17.5 Å². The van der Waals surface area contributed by atoms with Crippen LogP contribution in [0, 0.1) is 0 Å². The van der Waals surface area contributed by atoms with Crippen LogP contribution in [0.3, 0.4) is 0 Å². The smallest absolute Gasteiger partial charge is 0.232 e. The molecule has 0 bridgehead atoms. The van der Waals surface area contributed by atoms with E-state index >= 15 is 0 Å². The first kappa shape index (κ1) is 20.8. The van der Waals surface area contributed by atoms with Gasteiger partial charge in [-0.2, -0.15) is 0 Å². The molecule has 8 heteroatoms. The normalized spacial score (nSPS) is 19.5. The molecule has 2 N–H and O–H groups in total. The average molecular weight is 419 g/mol. The molecule has 2 atom stereocenters. The van der Waals surface area contributed by atoms with Crippen molar-refractivity contribution in [3.05, 3.63) is 47.8 Å². The summed E-state index contributed by atoms with van der Waals surface area (Å²) in [5, 5.41) is 6.87. The van der Waals surface area contributed by atoms with Crippen molar-refractivity contribution >= 4 is 40.3 Å². The Morgan fingerprint density at radius 2 is 2.32 bits per heavy atom. The maximum atomic E-state index is 12.4. The van der Waals surface area contributed by atoms with Crippen molar-refractivity contribution < 1.29 is 9.53 Å². The summed E-state index contributed by atoms with van der Waals surface area (Å²) >= 11 is 3.02. The molecule has 1 aromatic carbocycles. The SMILES string of the molecule is C=C1C=C(C)N=C(SCC(=O)NC2Sc3cc(C(C)OCC)ccc3N2C)N1. The second kappa shape index (κ2) is 9.07. The third kappa shape index (κ3) is 4.92. The second-order valence-electron chi connectivity index (χ2n) is 6.61. The van der Waals surface area contributed by atoms with Gasteiger partial charge in [0.05, 0.1) is 17.5 Å².